The van der Waals surface area contributed by atoms with E-state index in [1.54, 1.807) is 18.2 Å². The largest absolute Gasteiger partial charge is 0.396 e. The van der Waals surface area contributed by atoms with Gasteiger partial charge < -0.3 is 22.5 Å². The first kappa shape index (κ1) is 18.4. The number of hydrogen-bond acceptors (Lipinski definition) is 3. The van der Waals surface area contributed by atoms with Gasteiger partial charge in [-0.25, -0.2) is 8.78 Å². The van der Waals surface area contributed by atoms with Crippen molar-refractivity contribution in [3.05, 3.63) is 59.3 Å². The molecule has 0 saturated heterocycles. The molecule has 0 aliphatic rings. The van der Waals surface area contributed by atoms with Gasteiger partial charge in [0.05, 0.1) is 11.3 Å². The van der Waals surface area contributed by atoms with Crippen LogP contribution in [0.15, 0.2) is 42.1 Å². The van der Waals surface area contributed by atoms with Crippen LogP contribution in [0.1, 0.15) is 18.9 Å². The smallest absolute Gasteiger partial charge is 0.269 e. The van der Waals surface area contributed by atoms with Gasteiger partial charge in [0.15, 0.2) is 0 Å². The fraction of sp³-hybridized carbons (Fsp3) is 0.167. The summed E-state index contributed by atoms with van der Waals surface area (Å²) in [6.45, 7) is 2.39. The maximum absolute atomic E-state index is 14.1. The zero-order valence-electron chi connectivity index (χ0n) is 13.9. The topological polar surface area (TPSA) is 109 Å². The van der Waals surface area contributed by atoms with Crippen molar-refractivity contribution in [2.75, 3.05) is 6.54 Å². The van der Waals surface area contributed by atoms with Crippen molar-refractivity contribution in [1.82, 2.24) is 5.32 Å². The highest BCUT2D eigenvalue weighted by atomic mass is 19.1. The van der Waals surface area contributed by atoms with Crippen LogP contribution in [0.4, 0.5) is 14.5 Å². The summed E-state index contributed by atoms with van der Waals surface area (Å²) >= 11 is 0. The van der Waals surface area contributed by atoms with Gasteiger partial charge in [-0.15, -0.1) is 0 Å². The summed E-state index contributed by atoms with van der Waals surface area (Å²) in [6, 6.07) is 8.22. The SMILES string of the molecule is CCCNC(=O)/C(N)=C(\N)c1cccc(-c2ccc(F)cc2F)c1[NH3+]. The molecule has 0 heterocycles. The first-order valence-electron chi connectivity index (χ1n) is 7.81. The molecule has 0 bridgehead atoms. The van der Waals surface area contributed by atoms with Crippen molar-refractivity contribution in [3.8, 4) is 11.1 Å². The maximum Gasteiger partial charge on any atom is 0.269 e. The fourth-order valence-corrected chi connectivity index (χ4v) is 2.40. The van der Waals surface area contributed by atoms with Crippen LogP contribution in [0.5, 0.6) is 0 Å². The minimum absolute atomic E-state index is 0.0583. The summed E-state index contributed by atoms with van der Waals surface area (Å²) in [6.07, 6.45) is 0.763. The zero-order chi connectivity index (χ0) is 18.6. The molecule has 1 amide bonds. The summed E-state index contributed by atoms with van der Waals surface area (Å²) in [5, 5.41) is 2.64. The van der Waals surface area contributed by atoms with Gasteiger partial charge in [0.25, 0.3) is 5.91 Å². The minimum atomic E-state index is -0.710. The van der Waals surface area contributed by atoms with Gasteiger partial charge in [0.2, 0.25) is 0 Å². The Kier molecular flexibility index (Phi) is 5.71. The molecule has 0 unspecified atom stereocenters. The van der Waals surface area contributed by atoms with E-state index in [2.05, 4.69) is 11.1 Å². The van der Waals surface area contributed by atoms with E-state index in [0.29, 0.717) is 23.4 Å². The van der Waals surface area contributed by atoms with Crippen LogP contribution in [0, 0.1) is 11.6 Å². The van der Waals surface area contributed by atoms with E-state index in [0.717, 1.165) is 18.6 Å². The standard InChI is InChI=1S/C18H20F2N4O/c1-2-8-24-18(25)17(23)16(22)13-5-3-4-12(15(13)21)11-7-6-10(19)9-14(11)20/h3-7,9H,2,8,21-23H2,1H3,(H,24,25)/p+1/b17-16+. The van der Waals surface area contributed by atoms with E-state index in [-0.39, 0.29) is 17.0 Å². The number of nitrogens with one attached hydrogen (secondary N) is 1. The lowest BCUT2D eigenvalue weighted by molar-refractivity contribution is -0.254. The van der Waals surface area contributed by atoms with Crippen LogP contribution in [0.25, 0.3) is 16.8 Å². The van der Waals surface area contributed by atoms with Crippen LogP contribution in [-0.4, -0.2) is 12.5 Å². The monoisotopic (exact) mass is 347 g/mol. The minimum Gasteiger partial charge on any atom is -0.396 e. The van der Waals surface area contributed by atoms with E-state index >= 15 is 0 Å². The third kappa shape index (κ3) is 3.95. The number of carbonyl (C=O) groups is 1. The van der Waals surface area contributed by atoms with E-state index in [1.807, 2.05) is 6.92 Å². The first-order valence-corrected chi connectivity index (χ1v) is 7.81. The molecule has 0 saturated carbocycles. The molecule has 7 heteroatoms. The van der Waals surface area contributed by atoms with E-state index in [9.17, 15) is 13.6 Å². The number of hydrogen-bond donors (Lipinski definition) is 4. The molecule has 0 aliphatic carbocycles. The second-order valence-corrected chi connectivity index (χ2v) is 5.54. The van der Waals surface area contributed by atoms with Crippen LogP contribution in [-0.2, 0) is 4.79 Å². The van der Waals surface area contributed by atoms with Crippen LogP contribution in [0.2, 0.25) is 0 Å². The van der Waals surface area contributed by atoms with Crippen LogP contribution < -0.4 is 22.5 Å². The van der Waals surface area contributed by atoms with Crippen molar-refractivity contribution in [1.29, 1.82) is 0 Å². The van der Waals surface area contributed by atoms with E-state index in [4.69, 9.17) is 11.5 Å². The van der Waals surface area contributed by atoms with Crippen molar-refractivity contribution < 1.29 is 19.3 Å². The molecule has 25 heavy (non-hydrogen) atoms. The summed E-state index contributed by atoms with van der Waals surface area (Å²) < 4.78 is 27.2. The van der Waals surface area contributed by atoms with Crippen LogP contribution in [0.3, 0.4) is 0 Å². The van der Waals surface area contributed by atoms with Crippen molar-refractivity contribution in [2.24, 2.45) is 11.5 Å². The quantitative estimate of drug-likeness (QED) is 0.617. The van der Waals surface area contributed by atoms with Crippen molar-refractivity contribution >= 4 is 17.3 Å². The number of amides is 1. The average molecular weight is 347 g/mol. The molecular formula is C18H21F2N4O+. The first-order chi connectivity index (χ1) is 11.9. The lowest BCUT2D eigenvalue weighted by atomic mass is 9.97. The Hall–Kier alpha value is -2.93. The van der Waals surface area contributed by atoms with Crippen molar-refractivity contribution in [3.63, 3.8) is 0 Å². The molecule has 0 aliphatic heterocycles. The van der Waals surface area contributed by atoms with Gasteiger partial charge >= 0.3 is 0 Å². The lowest BCUT2D eigenvalue weighted by Crippen LogP contribution is -2.43. The third-order valence-electron chi connectivity index (χ3n) is 3.76. The molecule has 2 rings (SSSR count). The molecule has 0 aromatic heterocycles. The second kappa shape index (κ2) is 7.76. The van der Waals surface area contributed by atoms with Crippen LogP contribution >= 0.6 is 0 Å². The van der Waals surface area contributed by atoms with E-state index < -0.39 is 17.5 Å². The predicted octanol–water partition coefficient (Wildman–Crippen LogP) is 1.62. The zero-order valence-corrected chi connectivity index (χ0v) is 13.9. The van der Waals surface area contributed by atoms with Crippen molar-refractivity contribution in [2.45, 2.75) is 13.3 Å². The molecular weight excluding hydrogens is 326 g/mol. The molecule has 2 aromatic carbocycles. The molecule has 0 fully saturated rings. The van der Waals surface area contributed by atoms with Gasteiger partial charge in [0, 0.05) is 23.7 Å². The Bertz CT molecular complexity index is 834. The molecule has 2 aromatic rings. The maximum atomic E-state index is 14.1. The van der Waals surface area contributed by atoms with Gasteiger partial charge in [-0.05, 0) is 30.7 Å². The number of halogens is 2. The Labute approximate surface area is 144 Å². The van der Waals surface area contributed by atoms with Gasteiger partial charge in [0.1, 0.15) is 23.0 Å². The number of quaternary nitrogens is 1. The summed E-state index contributed by atoms with van der Waals surface area (Å²) in [5.74, 6) is -1.85. The third-order valence-corrected chi connectivity index (χ3v) is 3.76. The fourth-order valence-electron chi connectivity index (χ4n) is 2.40. The van der Waals surface area contributed by atoms with Gasteiger partial charge in [-0.3, -0.25) is 4.79 Å². The normalized spacial score (nSPS) is 11.8. The molecule has 0 atom stereocenters. The van der Waals surface area contributed by atoms with E-state index in [1.165, 1.54) is 6.07 Å². The van der Waals surface area contributed by atoms with Gasteiger partial charge in [-0.2, -0.15) is 0 Å². The molecule has 132 valence electrons. The highest BCUT2D eigenvalue weighted by molar-refractivity contribution is 6.01. The summed E-state index contributed by atoms with van der Waals surface area (Å²) in [5.41, 5.74) is 17.2. The average Bonchev–Trinajstić information content (AvgIpc) is 2.59. The Balaban J connectivity index is 2.49. The Morgan fingerprint density at radius 3 is 2.52 bits per heavy atom. The summed E-state index contributed by atoms with van der Waals surface area (Å²) in [7, 11) is 0. The number of rotatable bonds is 5. The molecule has 0 spiro atoms. The Morgan fingerprint density at radius 2 is 1.88 bits per heavy atom. The number of benzene rings is 2. The number of nitrogens with two attached hydrogens (primary N) is 2. The molecule has 8 N–H and O–H groups in total. The molecule has 5 nitrogen and oxygen atoms in total. The highest BCUT2D eigenvalue weighted by Gasteiger charge is 2.19. The molecule has 0 radical (unpaired) electrons. The lowest BCUT2D eigenvalue weighted by Gasteiger charge is -2.12. The Morgan fingerprint density at radius 1 is 1.16 bits per heavy atom. The highest BCUT2D eigenvalue weighted by Crippen LogP contribution is 2.32. The number of carbonyl (C=O) groups excluding carboxylic acids is 1. The summed E-state index contributed by atoms with van der Waals surface area (Å²) in [4.78, 5) is 12.0. The predicted molar refractivity (Wildman–Crippen MR) is 92.9 cm³/mol. The second-order valence-electron chi connectivity index (χ2n) is 5.54. The van der Waals surface area contributed by atoms with Gasteiger partial charge in [-0.1, -0.05) is 13.0 Å².